The molecule has 1 unspecified atom stereocenters. The van der Waals surface area contributed by atoms with E-state index >= 15 is 0 Å². The number of nitrogens with two attached hydrogens (primary N) is 1. The molecule has 0 bridgehead atoms. The van der Waals surface area contributed by atoms with Crippen molar-refractivity contribution in [2.45, 2.75) is 19.8 Å². The molecule has 0 amide bonds. The van der Waals surface area contributed by atoms with Gasteiger partial charge in [-0.05, 0) is 32.2 Å². The van der Waals surface area contributed by atoms with E-state index in [1.807, 2.05) is 12.2 Å². The van der Waals surface area contributed by atoms with E-state index in [2.05, 4.69) is 6.08 Å². The van der Waals surface area contributed by atoms with Gasteiger partial charge in [-0.2, -0.15) is 0 Å². The minimum absolute atomic E-state index is 0.150. The molecule has 1 atom stereocenters. The Hall–Kier alpha value is -0.890. The molecular formula is C10H15NO. The van der Waals surface area contributed by atoms with Gasteiger partial charge in [0.15, 0.2) is 5.78 Å². The molecule has 2 nitrogen and oxygen atoms in total. The Labute approximate surface area is 73.1 Å². The van der Waals surface area contributed by atoms with Gasteiger partial charge < -0.3 is 5.73 Å². The smallest absolute Gasteiger partial charge is 0.159 e. The van der Waals surface area contributed by atoms with Crippen molar-refractivity contribution in [3.8, 4) is 0 Å². The molecule has 1 rings (SSSR count). The summed E-state index contributed by atoms with van der Waals surface area (Å²) in [5.41, 5.74) is 6.27. The van der Waals surface area contributed by atoms with E-state index in [0.29, 0.717) is 5.92 Å². The molecule has 0 heterocycles. The van der Waals surface area contributed by atoms with Gasteiger partial charge in [0.05, 0.1) is 0 Å². The topological polar surface area (TPSA) is 43.1 Å². The average molecular weight is 165 g/mol. The molecule has 0 radical (unpaired) electrons. The second-order valence-electron chi connectivity index (χ2n) is 3.15. The van der Waals surface area contributed by atoms with Gasteiger partial charge in [0.25, 0.3) is 0 Å². The second kappa shape index (κ2) is 4.21. The average Bonchev–Trinajstić information content (AvgIpc) is 2.06. The quantitative estimate of drug-likeness (QED) is 0.687. The maximum Gasteiger partial charge on any atom is 0.159 e. The van der Waals surface area contributed by atoms with E-state index in [0.717, 1.165) is 25.0 Å². The summed E-state index contributed by atoms with van der Waals surface area (Å²) in [7, 11) is 0. The molecule has 0 saturated carbocycles. The Morgan fingerprint density at radius 3 is 2.92 bits per heavy atom. The van der Waals surface area contributed by atoms with Crippen molar-refractivity contribution >= 4 is 5.78 Å². The zero-order valence-corrected chi connectivity index (χ0v) is 7.42. The first-order valence-electron chi connectivity index (χ1n) is 4.33. The van der Waals surface area contributed by atoms with Gasteiger partial charge in [-0.15, -0.1) is 0 Å². The van der Waals surface area contributed by atoms with Crippen LogP contribution in [0.4, 0.5) is 0 Å². The number of ketones is 1. The zero-order chi connectivity index (χ0) is 8.97. The van der Waals surface area contributed by atoms with Crippen molar-refractivity contribution in [2.75, 3.05) is 6.54 Å². The molecule has 0 spiro atoms. The summed E-state index contributed by atoms with van der Waals surface area (Å²) < 4.78 is 0. The highest BCUT2D eigenvalue weighted by Gasteiger charge is 2.09. The lowest BCUT2D eigenvalue weighted by molar-refractivity contribution is -0.113. The summed E-state index contributed by atoms with van der Waals surface area (Å²) in [6.07, 6.45) is 7.97. The molecule has 1 aliphatic rings. The summed E-state index contributed by atoms with van der Waals surface area (Å²) in [6.45, 7) is 2.32. The van der Waals surface area contributed by atoms with Crippen LogP contribution in [-0.2, 0) is 4.79 Å². The molecule has 0 aliphatic heterocycles. The van der Waals surface area contributed by atoms with Crippen molar-refractivity contribution in [2.24, 2.45) is 11.7 Å². The van der Waals surface area contributed by atoms with Crippen LogP contribution in [0.1, 0.15) is 19.8 Å². The van der Waals surface area contributed by atoms with Crippen molar-refractivity contribution < 1.29 is 4.79 Å². The summed E-state index contributed by atoms with van der Waals surface area (Å²) >= 11 is 0. The summed E-state index contributed by atoms with van der Waals surface area (Å²) in [5.74, 6) is 0.690. The Bertz CT molecular complexity index is 228. The maximum atomic E-state index is 10.9. The van der Waals surface area contributed by atoms with Crippen LogP contribution >= 0.6 is 0 Å². The van der Waals surface area contributed by atoms with Crippen molar-refractivity contribution in [1.82, 2.24) is 0 Å². The van der Waals surface area contributed by atoms with Gasteiger partial charge >= 0.3 is 0 Å². The standard InChI is InChI=1S/C10H15NO/c1-8(12)10-4-2-9(3-5-10)6-7-11/h2,4-5,9H,3,6-7,11H2,1H3. The normalized spacial score (nSPS) is 22.2. The van der Waals surface area contributed by atoms with E-state index in [1.54, 1.807) is 6.92 Å². The molecule has 0 aromatic carbocycles. The Kier molecular flexibility index (Phi) is 3.23. The summed E-state index contributed by atoms with van der Waals surface area (Å²) in [5, 5.41) is 0. The van der Waals surface area contributed by atoms with Gasteiger partial charge in [0.1, 0.15) is 0 Å². The third kappa shape index (κ3) is 2.31. The van der Waals surface area contributed by atoms with Crippen LogP contribution in [0.25, 0.3) is 0 Å². The third-order valence-electron chi connectivity index (χ3n) is 2.13. The first kappa shape index (κ1) is 9.20. The fourth-order valence-corrected chi connectivity index (χ4v) is 1.35. The zero-order valence-electron chi connectivity index (χ0n) is 7.42. The van der Waals surface area contributed by atoms with E-state index in [-0.39, 0.29) is 5.78 Å². The molecular weight excluding hydrogens is 150 g/mol. The fraction of sp³-hybridized carbons (Fsp3) is 0.500. The van der Waals surface area contributed by atoms with Crippen molar-refractivity contribution in [1.29, 1.82) is 0 Å². The lowest BCUT2D eigenvalue weighted by Gasteiger charge is -2.13. The largest absolute Gasteiger partial charge is 0.330 e. The Balaban J connectivity index is 2.49. The summed E-state index contributed by atoms with van der Waals surface area (Å²) in [6, 6.07) is 0. The fourth-order valence-electron chi connectivity index (χ4n) is 1.35. The molecule has 66 valence electrons. The van der Waals surface area contributed by atoms with Crippen molar-refractivity contribution in [3.05, 3.63) is 23.8 Å². The highest BCUT2D eigenvalue weighted by molar-refractivity contribution is 5.96. The van der Waals surface area contributed by atoms with Gasteiger partial charge in [-0.3, -0.25) is 4.79 Å². The molecule has 1 aliphatic carbocycles. The van der Waals surface area contributed by atoms with Crippen LogP contribution in [0.5, 0.6) is 0 Å². The van der Waals surface area contributed by atoms with Gasteiger partial charge in [0, 0.05) is 5.57 Å². The van der Waals surface area contributed by atoms with Crippen LogP contribution in [0.15, 0.2) is 23.8 Å². The minimum atomic E-state index is 0.150. The Morgan fingerprint density at radius 2 is 2.50 bits per heavy atom. The van der Waals surface area contributed by atoms with Gasteiger partial charge in [-0.1, -0.05) is 18.2 Å². The van der Waals surface area contributed by atoms with Crippen LogP contribution < -0.4 is 5.73 Å². The number of hydrogen-bond donors (Lipinski definition) is 1. The minimum Gasteiger partial charge on any atom is -0.330 e. The highest BCUT2D eigenvalue weighted by atomic mass is 16.1. The second-order valence-corrected chi connectivity index (χ2v) is 3.15. The Morgan fingerprint density at radius 1 is 1.75 bits per heavy atom. The number of carbonyl (C=O) groups is 1. The van der Waals surface area contributed by atoms with Gasteiger partial charge in [-0.25, -0.2) is 0 Å². The van der Waals surface area contributed by atoms with Crippen molar-refractivity contribution in [3.63, 3.8) is 0 Å². The summed E-state index contributed by atoms with van der Waals surface area (Å²) in [4.78, 5) is 10.9. The molecule has 0 aromatic heterocycles. The van der Waals surface area contributed by atoms with Gasteiger partial charge in [0.2, 0.25) is 0 Å². The first-order valence-corrected chi connectivity index (χ1v) is 4.33. The molecule has 2 N–H and O–H groups in total. The number of allylic oxidation sites excluding steroid dienone is 4. The van der Waals surface area contributed by atoms with Crippen LogP contribution in [0, 0.1) is 5.92 Å². The molecule has 0 saturated heterocycles. The monoisotopic (exact) mass is 165 g/mol. The molecule has 0 fully saturated rings. The number of carbonyl (C=O) groups excluding carboxylic acids is 1. The predicted molar refractivity (Wildman–Crippen MR) is 49.7 cm³/mol. The van der Waals surface area contributed by atoms with E-state index in [9.17, 15) is 4.79 Å². The predicted octanol–water partition coefficient (Wildman–Crippen LogP) is 1.43. The lowest BCUT2D eigenvalue weighted by atomic mass is 9.93. The first-order chi connectivity index (χ1) is 5.74. The number of rotatable bonds is 3. The van der Waals surface area contributed by atoms with E-state index < -0.39 is 0 Å². The lowest BCUT2D eigenvalue weighted by Crippen LogP contribution is -2.09. The van der Waals surface area contributed by atoms with Crippen LogP contribution in [0.2, 0.25) is 0 Å². The number of Topliss-reactive ketones (excluding diaryl/α,β-unsaturated/α-hetero) is 1. The molecule has 12 heavy (non-hydrogen) atoms. The molecule has 2 heteroatoms. The van der Waals surface area contributed by atoms with Crippen LogP contribution in [0.3, 0.4) is 0 Å². The highest BCUT2D eigenvalue weighted by Crippen LogP contribution is 2.18. The SMILES string of the molecule is CC(=O)C1=CCC(CCN)C=C1. The number of hydrogen-bond acceptors (Lipinski definition) is 2. The third-order valence-corrected chi connectivity index (χ3v) is 2.13. The van der Waals surface area contributed by atoms with E-state index in [4.69, 9.17) is 5.73 Å². The van der Waals surface area contributed by atoms with Crippen LogP contribution in [-0.4, -0.2) is 12.3 Å². The van der Waals surface area contributed by atoms with E-state index in [1.165, 1.54) is 0 Å². The molecule has 0 aromatic rings. The maximum absolute atomic E-state index is 10.9.